The van der Waals surface area contributed by atoms with Crippen LogP contribution in [0.15, 0.2) is 40.6 Å². The van der Waals surface area contributed by atoms with Crippen LogP contribution in [0.1, 0.15) is 27.1 Å². The first-order valence-corrected chi connectivity index (χ1v) is 13.8. The van der Waals surface area contributed by atoms with Gasteiger partial charge in [0.25, 0.3) is 11.5 Å². The summed E-state index contributed by atoms with van der Waals surface area (Å²) in [6, 6.07) is 2.73. The quantitative estimate of drug-likeness (QED) is 0.0308. The van der Waals surface area contributed by atoms with Crippen molar-refractivity contribution < 1.29 is 43.1 Å². The summed E-state index contributed by atoms with van der Waals surface area (Å²) in [7, 11) is 0. The number of nitrogens with two attached hydrogens (primary N) is 2. The molecule has 0 saturated carbocycles. The fraction of sp³-hybridized carbons (Fsp3) is 0.462. The van der Waals surface area contributed by atoms with Gasteiger partial charge in [0, 0.05) is 12.7 Å². The molecule has 45 heavy (non-hydrogen) atoms. The van der Waals surface area contributed by atoms with Crippen LogP contribution < -0.4 is 28.3 Å². The van der Waals surface area contributed by atoms with Crippen LogP contribution in [0.2, 0.25) is 0 Å². The van der Waals surface area contributed by atoms with Gasteiger partial charge < -0.3 is 39.3 Å². The number of esters is 1. The Labute approximate surface area is 253 Å². The monoisotopic (exact) mass is 632 g/mol. The Balaban J connectivity index is 1.10. The molecule has 7 N–H and O–H groups in total. The number of nitrogen functional groups attached to an aromatic ring is 2. The fourth-order valence-corrected chi connectivity index (χ4v) is 4.96. The Hall–Kier alpha value is -4.50. The summed E-state index contributed by atoms with van der Waals surface area (Å²) in [5.41, 5.74) is 6.67. The van der Waals surface area contributed by atoms with Gasteiger partial charge in [-0.25, -0.2) is 20.0 Å². The summed E-state index contributed by atoms with van der Waals surface area (Å²) in [5, 5.41) is 9.92. The molecule has 2 aliphatic rings. The molecular weight excluding hydrogens is 600 g/mol. The number of hydrazine groups is 1. The smallest absolute Gasteiger partial charge is 0.339 e. The number of nitrogens with zero attached hydrogens (tertiary/aromatic N) is 4. The number of imidazole rings is 1. The molecule has 0 aliphatic carbocycles. The van der Waals surface area contributed by atoms with E-state index in [-0.39, 0.29) is 67.9 Å². The molecule has 19 nitrogen and oxygen atoms in total. The number of aliphatic hydroxyl groups excluding tert-OH is 1. The number of hydrogen-bond donors (Lipinski definition) is 5. The predicted molar refractivity (Wildman–Crippen MR) is 152 cm³/mol. The Bertz CT molecular complexity index is 1650. The first-order valence-electron chi connectivity index (χ1n) is 13.8. The van der Waals surface area contributed by atoms with Crippen molar-refractivity contribution in [2.75, 3.05) is 45.4 Å². The van der Waals surface area contributed by atoms with Gasteiger partial charge in [0.2, 0.25) is 5.95 Å². The van der Waals surface area contributed by atoms with Crippen molar-refractivity contribution in [1.29, 1.82) is 0 Å². The van der Waals surface area contributed by atoms with E-state index in [1.807, 2.05) is 5.43 Å². The number of pyridine rings is 1. The Morgan fingerprint density at radius 2 is 1.89 bits per heavy atom. The van der Waals surface area contributed by atoms with Crippen LogP contribution in [-0.4, -0.2) is 105 Å². The number of amides is 1. The number of rotatable bonds is 14. The standard InChI is InChI=1S/C26H32N8O11/c1-2-5-33-17-20(30-25(27)31-22(17)37)34(26(33)39)23-19-18(15(11-35)43-23)44-16(45-19)12-41-7-6-40-8-9-42-24(38)13-3-4-14(29-10-13)21(36)32-28/h2-4,10,15-16,18-19,23,35H,1,5-9,11-12,28H2,(H,32,36)(H3,27,30,31,37)/t15-,16?,18-,19-,23-/m1/s1. The highest BCUT2D eigenvalue weighted by molar-refractivity contribution is 5.93. The number of carbonyl (C=O) groups is 2. The molecule has 5 atom stereocenters. The van der Waals surface area contributed by atoms with E-state index < -0.39 is 60.6 Å². The molecule has 242 valence electrons. The number of anilines is 1. The number of ether oxygens (including phenoxy) is 6. The maximum Gasteiger partial charge on any atom is 0.339 e. The van der Waals surface area contributed by atoms with Crippen LogP contribution in [0, 0.1) is 0 Å². The molecule has 19 heteroatoms. The van der Waals surface area contributed by atoms with Crippen molar-refractivity contribution in [3.63, 3.8) is 0 Å². The van der Waals surface area contributed by atoms with Gasteiger partial charge in [-0.15, -0.1) is 6.58 Å². The molecule has 0 radical (unpaired) electrons. The van der Waals surface area contributed by atoms with E-state index in [0.717, 1.165) is 4.57 Å². The van der Waals surface area contributed by atoms with Crippen LogP contribution in [0.3, 0.4) is 0 Å². The second-order valence-corrected chi connectivity index (χ2v) is 9.78. The van der Waals surface area contributed by atoms with E-state index in [4.69, 9.17) is 40.0 Å². The molecule has 2 saturated heterocycles. The normalized spacial score (nSPS) is 22.4. The molecule has 5 heterocycles. The lowest BCUT2D eigenvalue weighted by molar-refractivity contribution is -0.172. The lowest BCUT2D eigenvalue weighted by Crippen LogP contribution is -2.34. The molecule has 5 rings (SSSR count). The molecule has 2 aliphatic heterocycles. The van der Waals surface area contributed by atoms with E-state index in [0.29, 0.717) is 0 Å². The van der Waals surface area contributed by atoms with E-state index in [2.05, 4.69) is 21.5 Å². The summed E-state index contributed by atoms with van der Waals surface area (Å²) < 4.78 is 36.3. The number of hydrogen-bond acceptors (Lipinski definition) is 15. The predicted octanol–water partition coefficient (Wildman–Crippen LogP) is -2.46. The summed E-state index contributed by atoms with van der Waals surface area (Å²) in [6.45, 7) is 3.65. The number of aliphatic hydroxyl groups is 1. The Kier molecular flexibility index (Phi) is 9.98. The van der Waals surface area contributed by atoms with Gasteiger partial charge in [-0.1, -0.05) is 6.08 Å². The molecule has 0 aromatic carbocycles. The van der Waals surface area contributed by atoms with E-state index >= 15 is 0 Å². The van der Waals surface area contributed by atoms with Gasteiger partial charge in [0.15, 0.2) is 23.7 Å². The van der Waals surface area contributed by atoms with Gasteiger partial charge in [0.05, 0.1) is 38.6 Å². The summed E-state index contributed by atoms with van der Waals surface area (Å²) in [6.07, 6.45) is -1.69. The topological polar surface area (TPSA) is 259 Å². The van der Waals surface area contributed by atoms with Gasteiger partial charge in [-0.2, -0.15) is 4.98 Å². The van der Waals surface area contributed by atoms with Gasteiger partial charge in [-0.05, 0) is 12.1 Å². The van der Waals surface area contributed by atoms with Crippen LogP contribution in [-0.2, 0) is 35.0 Å². The van der Waals surface area contributed by atoms with Crippen LogP contribution in [0.5, 0.6) is 0 Å². The number of allylic oxidation sites excluding steroid dienone is 1. The third kappa shape index (κ3) is 6.63. The van der Waals surface area contributed by atoms with E-state index in [9.17, 15) is 24.3 Å². The van der Waals surface area contributed by atoms with Crippen LogP contribution in [0.4, 0.5) is 5.95 Å². The van der Waals surface area contributed by atoms with Gasteiger partial charge >= 0.3 is 11.7 Å². The Morgan fingerprint density at radius 3 is 2.60 bits per heavy atom. The first-order chi connectivity index (χ1) is 21.8. The first kappa shape index (κ1) is 31.9. The minimum absolute atomic E-state index is 0.000617. The van der Waals surface area contributed by atoms with Gasteiger partial charge in [-0.3, -0.25) is 29.5 Å². The van der Waals surface area contributed by atoms with Crippen molar-refractivity contribution in [2.45, 2.75) is 37.4 Å². The molecule has 3 aromatic heterocycles. The number of fused-ring (bicyclic) bond motifs is 2. The highest BCUT2D eigenvalue weighted by atomic mass is 16.8. The summed E-state index contributed by atoms with van der Waals surface area (Å²) in [5.74, 6) is 3.63. The fourth-order valence-electron chi connectivity index (χ4n) is 4.96. The zero-order chi connectivity index (χ0) is 32.1. The average molecular weight is 633 g/mol. The molecule has 3 aromatic rings. The maximum absolute atomic E-state index is 13.4. The molecule has 1 unspecified atom stereocenters. The molecule has 1 amide bonds. The number of nitrogens with one attached hydrogen (secondary N) is 2. The zero-order valence-electron chi connectivity index (χ0n) is 23.8. The number of H-pyrrole nitrogens is 1. The molecular formula is C26H32N8O11. The second kappa shape index (κ2) is 14.1. The minimum Gasteiger partial charge on any atom is -0.460 e. The zero-order valence-corrected chi connectivity index (χ0v) is 23.8. The highest BCUT2D eigenvalue weighted by Crippen LogP contribution is 2.39. The van der Waals surface area contributed by atoms with Crippen LogP contribution in [0.25, 0.3) is 11.2 Å². The van der Waals surface area contributed by atoms with Crippen molar-refractivity contribution in [1.82, 2.24) is 29.5 Å². The second-order valence-electron chi connectivity index (χ2n) is 9.78. The highest BCUT2D eigenvalue weighted by Gasteiger charge is 2.54. The minimum atomic E-state index is -1.09. The van der Waals surface area contributed by atoms with Gasteiger partial charge in [0.1, 0.15) is 30.6 Å². The lowest BCUT2D eigenvalue weighted by Gasteiger charge is -2.20. The summed E-state index contributed by atoms with van der Waals surface area (Å²) >= 11 is 0. The average Bonchev–Trinajstić information content (AvgIpc) is 3.68. The third-order valence-electron chi connectivity index (χ3n) is 6.93. The van der Waals surface area contributed by atoms with Crippen molar-refractivity contribution in [2.24, 2.45) is 5.84 Å². The molecule has 0 bridgehead atoms. The maximum atomic E-state index is 13.4. The number of aromatic amines is 1. The Morgan fingerprint density at radius 1 is 1.13 bits per heavy atom. The largest absolute Gasteiger partial charge is 0.460 e. The van der Waals surface area contributed by atoms with Crippen molar-refractivity contribution in [3.05, 3.63) is 63.1 Å². The number of aromatic nitrogens is 5. The summed E-state index contributed by atoms with van der Waals surface area (Å²) in [4.78, 5) is 59.9. The van der Waals surface area contributed by atoms with E-state index in [1.165, 1.54) is 29.0 Å². The number of carbonyl (C=O) groups excluding carboxylic acids is 2. The van der Waals surface area contributed by atoms with Crippen molar-refractivity contribution in [3.8, 4) is 0 Å². The third-order valence-corrected chi connectivity index (χ3v) is 6.93. The SMILES string of the molecule is C=CCn1c(=O)n([C@@H]2O[C@H](CO)[C@H]3OC(COCCOCCOC(=O)c4ccc(C(=O)NN)nc4)O[C@H]32)c2nc(N)[nH]c(=O)c21. The molecule has 0 spiro atoms. The van der Waals surface area contributed by atoms with Crippen molar-refractivity contribution >= 4 is 29.0 Å². The molecule has 2 fully saturated rings. The lowest BCUT2D eigenvalue weighted by atomic mass is 10.1. The van der Waals surface area contributed by atoms with Crippen LogP contribution >= 0.6 is 0 Å². The van der Waals surface area contributed by atoms with E-state index in [1.54, 1.807) is 0 Å².